The number of nitrogens with two attached hydrogens (primary N) is 1. The van der Waals surface area contributed by atoms with Crippen LogP contribution in [0.1, 0.15) is 18.4 Å². The number of rotatable bonds is 6. The van der Waals surface area contributed by atoms with Gasteiger partial charge in [0.2, 0.25) is 0 Å². The lowest BCUT2D eigenvalue weighted by Gasteiger charge is -2.34. The first-order valence-electron chi connectivity index (χ1n) is 7.72. The van der Waals surface area contributed by atoms with E-state index in [2.05, 4.69) is 9.80 Å². The van der Waals surface area contributed by atoms with Gasteiger partial charge in [0, 0.05) is 38.8 Å². The average molecular weight is 305 g/mol. The summed E-state index contributed by atoms with van der Waals surface area (Å²) < 4.78 is 5.87. The van der Waals surface area contributed by atoms with E-state index in [0.717, 1.165) is 37.0 Å². The lowest BCUT2D eigenvalue weighted by atomic mass is 10.2. The molecule has 1 aromatic rings. The molecule has 2 N–H and O–H groups in total. The minimum absolute atomic E-state index is 0.392. The van der Waals surface area contributed by atoms with Gasteiger partial charge in [-0.15, -0.1) is 0 Å². The Morgan fingerprint density at radius 1 is 1.19 bits per heavy atom. The Balaban J connectivity index is 1.43. The van der Waals surface area contributed by atoms with Gasteiger partial charge < -0.3 is 10.5 Å². The summed E-state index contributed by atoms with van der Waals surface area (Å²) in [6.45, 7) is 6.35. The van der Waals surface area contributed by atoms with Crippen molar-refractivity contribution in [3.05, 3.63) is 29.8 Å². The Morgan fingerprint density at radius 2 is 1.90 bits per heavy atom. The average Bonchev–Trinajstić information content (AvgIpc) is 3.33. The molecule has 1 aromatic carbocycles. The van der Waals surface area contributed by atoms with Crippen molar-refractivity contribution in [1.82, 2.24) is 9.80 Å². The normalized spacial score (nSPS) is 20.4. The van der Waals surface area contributed by atoms with Crippen LogP contribution in [0, 0.1) is 0 Å². The highest BCUT2D eigenvalue weighted by molar-refractivity contribution is 7.80. The molecule has 3 rings (SSSR count). The minimum atomic E-state index is 0.392. The number of nitrogens with zero attached hydrogens (tertiary/aromatic N) is 2. The molecule has 0 spiro atoms. The van der Waals surface area contributed by atoms with Gasteiger partial charge in [-0.3, -0.25) is 9.80 Å². The number of hydrogen-bond acceptors (Lipinski definition) is 4. The molecule has 2 aliphatic rings. The Morgan fingerprint density at radius 3 is 2.57 bits per heavy atom. The zero-order valence-electron chi connectivity index (χ0n) is 12.3. The lowest BCUT2D eigenvalue weighted by molar-refractivity contribution is 0.112. The second-order valence-electron chi connectivity index (χ2n) is 5.82. The molecule has 0 amide bonds. The molecule has 5 heteroatoms. The third-order valence-electron chi connectivity index (χ3n) is 4.29. The first-order valence-corrected chi connectivity index (χ1v) is 8.13. The number of piperazine rings is 1. The maximum Gasteiger partial charge on any atom is 0.129 e. The van der Waals surface area contributed by atoms with E-state index < -0.39 is 0 Å². The van der Waals surface area contributed by atoms with Crippen LogP contribution >= 0.6 is 12.2 Å². The largest absolute Gasteiger partial charge is 0.492 e. The van der Waals surface area contributed by atoms with Crippen LogP contribution in [0.3, 0.4) is 0 Å². The smallest absolute Gasteiger partial charge is 0.129 e. The van der Waals surface area contributed by atoms with Gasteiger partial charge in [0.05, 0.1) is 5.56 Å². The quantitative estimate of drug-likeness (QED) is 0.806. The first kappa shape index (κ1) is 14.8. The molecule has 0 unspecified atom stereocenters. The number of thiocarbonyl (C=S) groups is 1. The van der Waals surface area contributed by atoms with Crippen molar-refractivity contribution in [1.29, 1.82) is 0 Å². The molecule has 114 valence electrons. The van der Waals surface area contributed by atoms with Crippen LogP contribution in [0.5, 0.6) is 5.75 Å². The van der Waals surface area contributed by atoms with Crippen molar-refractivity contribution >= 4 is 17.2 Å². The Kier molecular flexibility index (Phi) is 4.73. The fraction of sp³-hybridized carbons (Fsp3) is 0.562. The van der Waals surface area contributed by atoms with Gasteiger partial charge in [0.15, 0.2) is 0 Å². The van der Waals surface area contributed by atoms with Gasteiger partial charge >= 0.3 is 0 Å². The van der Waals surface area contributed by atoms with Crippen molar-refractivity contribution in [3.63, 3.8) is 0 Å². The zero-order chi connectivity index (χ0) is 14.7. The van der Waals surface area contributed by atoms with Crippen LogP contribution in [0.4, 0.5) is 0 Å². The summed E-state index contributed by atoms with van der Waals surface area (Å²) in [6, 6.07) is 8.61. The van der Waals surface area contributed by atoms with Crippen molar-refractivity contribution in [2.45, 2.75) is 18.9 Å². The van der Waals surface area contributed by atoms with E-state index in [0.29, 0.717) is 11.6 Å². The summed E-state index contributed by atoms with van der Waals surface area (Å²) >= 11 is 5.05. The highest BCUT2D eigenvalue weighted by atomic mass is 32.1. The van der Waals surface area contributed by atoms with E-state index in [-0.39, 0.29) is 0 Å². The fourth-order valence-corrected chi connectivity index (χ4v) is 3.04. The topological polar surface area (TPSA) is 41.7 Å². The third-order valence-corrected chi connectivity index (χ3v) is 4.51. The van der Waals surface area contributed by atoms with Crippen LogP contribution in [0.25, 0.3) is 0 Å². The summed E-state index contributed by atoms with van der Waals surface area (Å²) in [6.07, 6.45) is 2.80. The predicted octanol–water partition coefficient (Wildman–Crippen LogP) is 1.48. The summed E-state index contributed by atoms with van der Waals surface area (Å²) in [5, 5.41) is 0. The highest BCUT2D eigenvalue weighted by Gasteiger charge is 2.30. The van der Waals surface area contributed by atoms with E-state index in [9.17, 15) is 0 Å². The molecule has 0 radical (unpaired) electrons. The van der Waals surface area contributed by atoms with E-state index in [4.69, 9.17) is 22.7 Å². The summed E-state index contributed by atoms with van der Waals surface area (Å²) in [7, 11) is 0. The number of benzene rings is 1. The van der Waals surface area contributed by atoms with Crippen LogP contribution in [0.2, 0.25) is 0 Å². The summed E-state index contributed by atoms with van der Waals surface area (Å²) in [5.74, 6) is 0.793. The van der Waals surface area contributed by atoms with E-state index >= 15 is 0 Å². The van der Waals surface area contributed by atoms with Crippen LogP contribution in [-0.4, -0.2) is 60.2 Å². The molecule has 4 nitrogen and oxygen atoms in total. The molecule has 21 heavy (non-hydrogen) atoms. The van der Waals surface area contributed by atoms with Gasteiger partial charge in [0.25, 0.3) is 0 Å². The van der Waals surface area contributed by atoms with Crippen molar-refractivity contribution < 1.29 is 4.74 Å². The van der Waals surface area contributed by atoms with E-state index in [1.807, 2.05) is 24.3 Å². The maximum atomic E-state index is 5.87. The zero-order valence-corrected chi connectivity index (χ0v) is 13.1. The van der Waals surface area contributed by atoms with Gasteiger partial charge in [0.1, 0.15) is 17.3 Å². The summed E-state index contributed by atoms with van der Waals surface area (Å²) in [5.41, 5.74) is 6.54. The second kappa shape index (κ2) is 6.73. The molecule has 0 bridgehead atoms. The van der Waals surface area contributed by atoms with Crippen LogP contribution in [0.15, 0.2) is 24.3 Å². The molecule has 1 saturated carbocycles. The molecular weight excluding hydrogens is 282 g/mol. The molecule has 1 aliphatic heterocycles. The lowest BCUT2D eigenvalue weighted by Crippen LogP contribution is -2.48. The van der Waals surface area contributed by atoms with Crippen LogP contribution < -0.4 is 10.5 Å². The van der Waals surface area contributed by atoms with Crippen LogP contribution in [-0.2, 0) is 0 Å². The SMILES string of the molecule is NC(=S)c1ccccc1OCCN1CCN(C2CC2)CC1. The monoisotopic (exact) mass is 305 g/mol. The van der Waals surface area contributed by atoms with Crippen molar-refractivity contribution in [2.75, 3.05) is 39.3 Å². The Hall–Kier alpha value is -1.17. The molecule has 2 fully saturated rings. The summed E-state index contributed by atoms with van der Waals surface area (Å²) in [4.78, 5) is 5.49. The standard InChI is InChI=1S/C16H23N3OS/c17-16(21)14-3-1-2-4-15(14)20-12-11-18-7-9-19(10-8-18)13-5-6-13/h1-4,13H,5-12H2,(H2,17,21). The van der Waals surface area contributed by atoms with Crippen molar-refractivity contribution in [3.8, 4) is 5.75 Å². The molecule has 1 aliphatic carbocycles. The van der Waals surface area contributed by atoms with Gasteiger partial charge in [-0.2, -0.15) is 0 Å². The van der Waals surface area contributed by atoms with Gasteiger partial charge in [-0.05, 0) is 25.0 Å². The number of hydrogen-bond donors (Lipinski definition) is 1. The Bertz CT molecular complexity index is 496. The van der Waals surface area contributed by atoms with Gasteiger partial charge in [-0.1, -0.05) is 24.4 Å². The molecule has 0 atom stereocenters. The highest BCUT2D eigenvalue weighted by Crippen LogP contribution is 2.27. The van der Waals surface area contributed by atoms with E-state index in [1.165, 1.54) is 25.9 Å². The molecule has 1 heterocycles. The van der Waals surface area contributed by atoms with Gasteiger partial charge in [-0.25, -0.2) is 0 Å². The first-order chi connectivity index (χ1) is 10.2. The third kappa shape index (κ3) is 3.93. The fourth-order valence-electron chi connectivity index (χ4n) is 2.87. The molecule has 1 saturated heterocycles. The van der Waals surface area contributed by atoms with E-state index in [1.54, 1.807) is 0 Å². The number of ether oxygens (including phenoxy) is 1. The van der Waals surface area contributed by atoms with Crippen molar-refractivity contribution in [2.24, 2.45) is 5.73 Å². The molecular formula is C16H23N3OS. The predicted molar refractivity (Wildman–Crippen MR) is 88.9 cm³/mol. The second-order valence-corrected chi connectivity index (χ2v) is 6.26. The molecule has 0 aromatic heterocycles. The minimum Gasteiger partial charge on any atom is -0.492 e. The number of para-hydroxylation sites is 1. The Labute approximate surface area is 131 Å². The maximum absolute atomic E-state index is 5.87.